The fraction of sp³-hybridized carbons (Fsp3) is 0.900. The monoisotopic (exact) mass is 221 g/mol. The van der Waals surface area contributed by atoms with Gasteiger partial charge >= 0.3 is 5.97 Å². The van der Waals surface area contributed by atoms with E-state index in [-0.39, 0.29) is 11.5 Å². The lowest BCUT2D eigenvalue weighted by atomic mass is 10.1. The quantitative estimate of drug-likeness (QED) is 0.537. The van der Waals surface area contributed by atoms with Crippen LogP contribution < -0.4 is 0 Å². The van der Waals surface area contributed by atoms with E-state index in [2.05, 4.69) is 20.8 Å². The fourth-order valence-corrected chi connectivity index (χ4v) is 1.09. The zero-order valence-corrected chi connectivity index (χ0v) is 10.4. The molecule has 1 unspecified atom stereocenters. The lowest BCUT2D eigenvalue weighted by Gasteiger charge is -2.32. The Balaban J connectivity index is 4.06. The van der Waals surface area contributed by atoms with E-state index in [1.807, 2.05) is 11.9 Å². The summed E-state index contributed by atoms with van der Waals surface area (Å²) in [6.07, 6.45) is 0. The molecule has 1 atom stereocenters. The van der Waals surface area contributed by atoms with Crippen molar-refractivity contribution in [3.8, 4) is 0 Å². The van der Waals surface area contributed by atoms with Crippen molar-refractivity contribution >= 4 is 17.6 Å². The van der Waals surface area contributed by atoms with Crippen molar-refractivity contribution in [3.05, 3.63) is 0 Å². The second-order valence-electron chi connectivity index (χ2n) is 4.27. The van der Waals surface area contributed by atoms with Crippen LogP contribution >= 0.6 is 11.6 Å². The minimum absolute atomic E-state index is 0.0135. The molecule has 0 rings (SSSR count). The molecule has 14 heavy (non-hydrogen) atoms. The number of rotatable bonds is 4. The molecule has 0 aromatic carbocycles. The van der Waals surface area contributed by atoms with Crippen molar-refractivity contribution in [2.75, 3.05) is 20.2 Å². The van der Waals surface area contributed by atoms with Crippen LogP contribution in [0, 0.1) is 0 Å². The highest BCUT2D eigenvalue weighted by atomic mass is 35.5. The molecule has 0 radical (unpaired) electrons. The standard InChI is InChI=1S/C10H20ClNO2/c1-6-14-9(13)8(11)7-12(5)10(2,3)4/h8H,6-7H2,1-5H3. The first-order chi connectivity index (χ1) is 6.29. The Bertz CT molecular complexity index is 189. The Morgan fingerprint density at radius 2 is 2.00 bits per heavy atom. The van der Waals surface area contributed by atoms with Gasteiger partial charge in [-0.25, -0.2) is 0 Å². The normalized spacial score (nSPS) is 14.2. The Hall–Kier alpha value is -0.280. The summed E-state index contributed by atoms with van der Waals surface area (Å²) in [7, 11) is 1.94. The van der Waals surface area contributed by atoms with Crippen LogP contribution in [0.2, 0.25) is 0 Å². The van der Waals surface area contributed by atoms with Gasteiger partial charge in [-0.05, 0) is 34.7 Å². The van der Waals surface area contributed by atoms with E-state index in [9.17, 15) is 4.79 Å². The molecule has 0 aliphatic heterocycles. The predicted octanol–water partition coefficient (Wildman–Crippen LogP) is 1.89. The average molecular weight is 222 g/mol. The molecule has 0 aliphatic rings. The number of carbonyl (C=O) groups excluding carboxylic acids is 1. The third kappa shape index (κ3) is 4.82. The number of ether oxygens (including phenoxy) is 1. The van der Waals surface area contributed by atoms with Crippen LogP contribution in [0.1, 0.15) is 27.7 Å². The minimum Gasteiger partial charge on any atom is -0.465 e. The van der Waals surface area contributed by atoms with Crippen LogP contribution in [-0.4, -0.2) is 42.0 Å². The maximum absolute atomic E-state index is 11.2. The number of hydrogen-bond donors (Lipinski definition) is 0. The Labute approximate surface area is 91.4 Å². The van der Waals surface area contributed by atoms with E-state index in [0.29, 0.717) is 13.2 Å². The maximum atomic E-state index is 11.2. The van der Waals surface area contributed by atoms with E-state index in [1.165, 1.54) is 0 Å². The van der Waals surface area contributed by atoms with Gasteiger partial charge in [0.25, 0.3) is 0 Å². The van der Waals surface area contributed by atoms with E-state index in [1.54, 1.807) is 6.92 Å². The van der Waals surface area contributed by atoms with Crippen molar-refractivity contribution in [2.45, 2.75) is 38.6 Å². The third-order valence-corrected chi connectivity index (χ3v) is 2.44. The number of esters is 1. The van der Waals surface area contributed by atoms with Crippen molar-refractivity contribution < 1.29 is 9.53 Å². The smallest absolute Gasteiger partial charge is 0.325 e. The maximum Gasteiger partial charge on any atom is 0.325 e. The summed E-state index contributed by atoms with van der Waals surface area (Å²) in [6.45, 7) is 8.87. The molecule has 0 bridgehead atoms. The van der Waals surface area contributed by atoms with Gasteiger partial charge in [0.2, 0.25) is 0 Å². The summed E-state index contributed by atoms with van der Waals surface area (Å²) in [5.74, 6) is -0.342. The Morgan fingerprint density at radius 1 is 1.50 bits per heavy atom. The van der Waals surface area contributed by atoms with Crippen molar-refractivity contribution in [1.82, 2.24) is 4.90 Å². The highest BCUT2D eigenvalue weighted by molar-refractivity contribution is 6.30. The molecule has 0 spiro atoms. The first kappa shape index (κ1) is 13.7. The van der Waals surface area contributed by atoms with Crippen LogP contribution in [0.4, 0.5) is 0 Å². The molecule has 0 N–H and O–H groups in total. The van der Waals surface area contributed by atoms with Gasteiger partial charge in [0.05, 0.1) is 6.61 Å². The van der Waals surface area contributed by atoms with Gasteiger partial charge in [0.15, 0.2) is 0 Å². The molecular formula is C10H20ClNO2. The molecule has 0 aliphatic carbocycles. The van der Waals surface area contributed by atoms with E-state index in [4.69, 9.17) is 16.3 Å². The highest BCUT2D eigenvalue weighted by Crippen LogP contribution is 2.13. The highest BCUT2D eigenvalue weighted by Gasteiger charge is 2.24. The van der Waals surface area contributed by atoms with Crippen molar-refractivity contribution in [2.24, 2.45) is 0 Å². The molecule has 4 heteroatoms. The van der Waals surface area contributed by atoms with Crippen LogP contribution in [0.5, 0.6) is 0 Å². The summed E-state index contributed by atoms with van der Waals surface area (Å²) in [6, 6.07) is 0. The number of nitrogens with zero attached hydrogens (tertiary/aromatic N) is 1. The molecule has 0 fully saturated rings. The molecule has 0 aromatic rings. The lowest BCUT2D eigenvalue weighted by Crippen LogP contribution is -2.43. The van der Waals surface area contributed by atoms with Crippen LogP contribution in [0.15, 0.2) is 0 Å². The average Bonchev–Trinajstić information content (AvgIpc) is 2.02. The Morgan fingerprint density at radius 3 is 2.36 bits per heavy atom. The van der Waals surface area contributed by atoms with Crippen LogP contribution in [-0.2, 0) is 9.53 Å². The Kier molecular flexibility index (Phi) is 5.45. The first-order valence-corrected chi connectivity index (χ1v) is 5.24. The van der Waals surface area contributed by atoms with Crippen LogP contribution in [0.25, 0.3) is 0 Å². The SMILES string of the molecule is CCOC(=O)C(Cl)CN(C)C(C)(C)C. The molecule has 84 valence electrons. The lowest BCUT2D eigenvalue weighted by molar-refractivity contribution is -0.143. The first-order valence-electron chi connectivity index (χ1n) is 4.81. The van der Waals surface area contributed by atoms with Gasteiger partial charge in [0, 0.05) is 12.1 Å². The second-order valence-corrected chi connectivity index (χ2v) is 4.80. The van der Waals surface area contributed by atoms with Gasteiger partial charge in [-0.1, -0.05) is 0 Å². The van der Waals surface area contributed by atoms with E-state index in [0.717, 1.165) is 0 Å². The van der Waals surface area contributed by atoms with Gasteiger partial charge in [-0.2, -0.15) is 0 Å². The number of halogens is 1. The predicted molar refractivity (Wildman–Crippen MR) is 58.7 cm³/mol. The molecule has 0 saturated carbocycles. The van der Waals surface area contributed by atoms with E-state index < -0.39 is 5.38 Å². The van der Waals surface area contributed by atoms with Crippen LogP contribution in [0.3, 0.4) is 0 Å². The second kappa shape index (κ2) is 5.56. The zero-order chi connectivity index (χ0) is 11.4. The van der Waals surface area contributed by atoms with Gasteiger partial charge in [-0.15, -0.1) is 11.6 Å². The number of hydrogen-bond acceptors (Lipinski definition) is 3. The fourth-order valence-electron chi connectivity index (χ4n) is 0.822. The van der Waals surface area contributed by atoms with Gasteiger partial charge in [0.1, 0.15) is 5.38 Å². The summed E-state index contributed by atoms with van der Waals surface area (Å²) in [5.41, 5.74) is 0.0135. The summed E-state index contributed by atoms with van der Waals surface area (Å²) in [4.78, 5) is 13.3. The summed E-state index contributed by atoms with van der Waals surface area (Å²) >= 11 is 5.89. The topological polar surface area (TPSA) is 29.5 Å². The summed E-state index contributed by atoms with van der Waals surface area (Å²) < 4.78 is 4.82. The van der Waals surface area contributed by atoms with E-state index >= 15 is 0 Å². The molecule has 3 nitrogen and oxygen atoms in total. The summed E-state index contributed by atoms with van der Waals surface area (Å²) in [5, 5.41) is -0.584. The largest absolute Gasteiger partial charge is 0.465 e. The molecule has 0 saturated heterocycles. The van der Waals surface area contributed by atoms with Crippen molar-refractivity contribution in [1.29, 1.82) is 0 Å². The molecule has 0 aromatic heterocycles. The zero-order valence-electron chi connectivity index (χ0n) is 9.63. The van der Waals surface area contributed by atoms with Gasteiger partial charge < -0.3 is 4.74 Å². The number of carbonyl (C=O) groups is 1. The minimum atomic E-state index is -0.584. The molecule has 0 heterocycles. The third-order valence-electron chi connectivity index (χ3n) is 2.12. The molecular weight excluding hydrogens is 202 g/mol. The number of alkyl halides is 1. The van der Waals surface area contributed by atoms with Crippen molar-refractivity contribution in [3.63, 3.8) is 0 Å². The van der Waals surface area contributed by atoms with Gasteiger partial charge in [-0.3, -0.25) is 9.69 Å². The molecule has 0 amide bonds.